The first-order chi connectivity index (χ1) is 12.0. The lowest BCUT2D eigenvalue weighted by Crippen LogP contribution is -2.02. The monoisotopic (exact) mass is 360 g/mol. The van der Waals surface area contributed by atoms with Crippen molar-refractivity contribution in [3.63, 3.8) is 0 Å². The van der Waals surface area contributed by atoms with Gasteiger partial charge in [0.2, 0.25) is 0 Å². The van der Waals surface area contributed by atoms with E-state index >= 15 is 0 Å². The summed E-state index contributed by atoms with van der Waals surface area (Å²) in [6, 6.07) is 3.99. The number of hydrogen-bond acceptors (Lipinski definition) is 6. The zero-order valence-corrected chi connectivity index (χ0v) is 16.1. The van der Waals surface area contributed by atoms with Crippen LogP contribution < -0.4 is 9.47 Å². The van der Waals surface area contributed by atoms with Crippen LogP contribution >= 0.6 is 11.3 Å². The Bertz CT molecular complexity index is 743. The highest BCUT2D eigenvalue weighted by Gasteiger charge is 2.10. The van der Waals surface area contributed by atoms with Gasteiger partial charge >= 0.3 is 0 Å². The van der Waals surface area contributed by atoms with Crippen molar-refractivity contribution in [2.75, 3.05) is 13.7 Å². The molecular formula is C19H24N2O3S. The highest BCUT2D eigenvalue weighted by atomic mass is 32.1. The first-order valence-corrected chi connectivity index (χ1v) is 8.93. The van der Waals surface area contributed by atoms with Gasteiger partial charge in [-0.2, -0.15) is 0 Å². The van der Waals surface area contributed by atoms with E-state index in [9.17, 15) is 0 Å². The molecule has 0 aliphatic heterocycles. The Labute approximate surface area is 152 Å². The molecule has 0 atom stereocenters. The first kappa shape index (κ1) is 19.0. The molecule has 0 N–H and O–H groups in total. The quantitative estimate of drug-likeness (QED) is 0.390. The average Bonchev–Trinajstić information content (AvgIpc) is 3.04. The standard InChI is InChI=1S/C19H24N2O3S/c1-6-7-8-23-17-9-13(2)18(14(3)10-17)24-11-16-12-25-19(20-16)15(4)21-22-5/h6-7,9-10,12H,8,11H2,1-5H3/b7-6+,21-15+. The molecule has 25 heavy (non-hydrogen) atoms. The Morgan fingerprint density at radius 2 is 1.96 bits per heavy atom. The van der Waals surface area contributed by atoms with Crippen molar-refractivity contribution in [1.82, 2.24) is 4.98 Å². The topological polar surface area (TPSA) is 52.9 Å². The lowest BCUT2D eigenvalue weighted by atomic mass is 10.1. The summed E-state index contributed by atoms with van der Waals surface area (Å²) in [5.74, 6) is 1.72. The lowest BCUT2D eigenvalue weighted by Gasteiger charge is -2.13. The van der Waals surface area contributed by atoms with Gasteiger partial charge in [-0.1, -0.05) is 17.3 Å². The van der Waals surface area contributed by atoms with E-state index in [2.05, 4.69) is 10.1 Å². The first-order valence-electron chi connectivity index (χ1n) is 8.05. The minimum Gasteiger partial charge on any atom is -0.490 e. The van der Waals surface area contributed by atoms with Crippen molar-refractivity contribution < 1.29 is 14.3 Å². The van der Waals surface area contributed by atoms with Gasteiger partial charge in [-0.05, 0) is 51.0 Å². The third-order valence-corrected chi connectivity index (χ3v) is 4.47. The van der Waals surface area contributed by atoms with Crippen LogP contribution in [0.1, 0.15) is 35.7 Å². The number of rotatable bonds is 8. The summed E-state index contributed by atoms with van der Waals surface area (Å²) in [6.07, 6.45) is 3.95. The maximum absolute atomic E-state index is 5.99. The number of thiazole rings is 1. The maximum atomic E-state index is 5.99. The molecule has 134 valence electrons. The van der Waals surface area contributed by atoms with E-state index in [-0.39, 0.29) is 0 Å². The van der Waals surface area contributed by atoms with Crippen molar-refractivity contribution in [3.05, 3.63) is 51.5 Å². The van der Waals surface area contributed by atoms with Crippen molar-refractivity contribution in [1.29, 1.82) is 0 Å². The zero-order valence-electron chi connectivity index (χ0n) is 15.3. The summed E-state index contributed by atoms with van der Waals surface area (Å²) in [4.78, 5) is 9.30. The van der Waals surface area contributed by atoms with Gasteiger partial charge in [0.25, 0.3) is 0 Å². The summed E-state index contributed by atoms with van der Waals surface area (Å²) in [7, 11) is 1.53. The van der Waals surface area contributed by atoms with Crippen LogP contribution in [-0.2, 0) is 11.4 Å². The zero-order chi connectivity index (χ0) is 18.2. The van der Waals surface area contributed by atoms with Gasteiger partial charge in [0.1, 0.15) is 42.5 Å². The number of ether oxygens (including phenoxy) is 2. The summed E-state index contributed by atoms with van der Waals surface area (Å²) in [6.45, 7) is 8.87. The van der Waals surface area contributed by atoms with Crippen molar-refractivity contribution >= 4 is 17.0 Å². The number of oxime groups is 1. The van der Waals surface area contributed by atoms with Crippen LogP contribution in [0, 0.1) is 13.8 Å². The van der Waals surface area contributed by atoms with E-state index < -0.39 is 0 Å². The van der Waals surface area contributed by atoms with E-state index in [1.165, 1.54) is 18.4 Å². The van der Waals surface area contributed by atoms with Crippen molar-refractivity contribution in [3.8, 4) is 11.5 Å². The molecule has 0 radical (unpaired) electrons. The van der Waals surface area contributed by atoms with Crippen molar-refractivity contribution in [2.45, 2.75) is 34.3 Å². The summed E-state index contributed by atoms with van der Waals surface area (Å²) < 4.78 is 11.7. The fourth-order valence-corrected chi connectivity index (χ4v) is 3.07. The highest BCUT2D eigenvalue weighted by molar-refractivity contribution is 7.11. The second kappa shape index (κ2) is 9.22. The summed E-state index contributed by atoms with van der Waals surface area (Å²) in [5, 5.41) is 6.71. The Balaban J connectivity index is 2.04. The van der Waals surface area contributed by atoms with Crippen LogP contribution in [0.25, 0.3) is 0 Å². The fourth-order valence-electron chi connectivity index (χ4n) is 2.32. The molecule has 1 heterocycles. The second-order valence-electron chi connectivity index (χ2n) is 5.56. The second-order valence-corrected chi connectivity index (χ2v) is 6.42. The molecule has 2 rings (SSSR count). The third-order valence-electron chi connectivity index (χ3n) is 3.47. The Morgan fingerprint density at radius 1 is 1.24 bits per heavy atom. The van der Waals surface area contributed by atoms with Gasteiger partial charge in [0, 0.05) is 5.38 Å². The minimum absolute atomic E-state index is 0.414. The van der Waals surface area contributed by atoms with Gasteiger partial charge in [-0.25, -0.2) is 4.98 Å². The summed E-state index contributed by atoms with van der Waals surface area (Å²) >= 11 is 1.53. The van der Waals surface area contributed by atoms with Crippen molar-refractivity contribution in [2.24, 2.45) is 5.16 Å². The molecule has 0 saturated carbocycles. The fraction of sp³-hybridized carbons (Fsp3) is 0.368. The molecule has 1 aromatic carbocycles. The van der Waals surface area contributed by atoms with E-state index in [4.69, 9.17) is 14.3 Å². The number of aromatic nitrogens is 1. The molecule has 0 aliphatic carbocycles. The lowest BCUT2D eigenvalue weighted by molar-refractivity contribution is 0.213. The highest BCUT2D eigenvalue weighted by Crippen LogP contribution is 2.29. The number of aryl methyl sites for hydroxylation is 2. The normalized spacial score (nSPS) is 11.8. The molecular weight excluding hydrogens is 336 g/mol. The minimum atomic E-state index is 0.414. The van der Waals surface area contributed by atoms with E-state index in [1.807, 2.05) is 57.4 Å². The van der Waals surface area contributed by atoms with E-state index in [1.54, 1.807) is 0 Å². The van der Waals surface area contributed by atoms with Crippen LogP contribution in [0.5, 0.6) is 11.5 Å². The van der Waals surface area contributed by atoms with Gasteiger partial charge in [0.05, 0.1) is 5.69 Å². The molecule has 0 unspecified atom stereocenters. The molecule has 1 aromatic heterocycles. The van der Waals surface area contributed by atoms with Crippen LogP contribution in [-0.4, -0.2) is 24.4 Å². The van der Waals surface area contributed by atoms with E-state index in [0.29, 0.717) is 13.2 Å². The van der Waals surface area contributed by atoms with Gasteiger partial charge in [-0.15, -0.1) is 11.3 Å². The summed E-state index contributed by atoms with van der Waals surface area (Å²) in [5.41, 5.74) is 3.72. The molecule has 0 amide bonds. The predicted octanol–water partition coefficient (Wildman–Crippen LogP) is 4.66. The van der Waals surface area contributed by atoms with Crippen LogP contribution in [0.3, 0.4) is 0 Å². The molecule has 0 spiro atoms. The molecule has 0 bridgehead atoms. The Kier molecular flexibility index (Phi) is 7.01. The average molecular weight is 360 g/mol. The molecule has 0 saturated heterocycles. The molecule has 2 aromatic rings. The number of nitrogens with zero attached hydrogens (tertiary/aromatic N) is 2. The largest absolute Gasteiger partial charge is 0.490 e. The Morgan fingerprint density at radius 3 is 2.60 bits per heavy atom. The smallest absolute Gasteiger partial charge is 0.141 e. The van der Waals surface area contributed by atoms with E-state index in [0.717, 1.165) is 39.0 Å². The molecule has 0 aliphatic rings. The van der Waals surface area contributed by atoms with Gasteiger partial charge in [-0.3, -0.25) is 0 Å². The maximum Gasteiger partial charge on any atom is 0.141 e. The van der Waals surface area contributed by atoms with Gasteiger partial charge < -0.3 is 14.3 Å². The number of benzene rings is 1. The van der Waals surface area contributed by atoms with Crippen LogP contribution in [0.2, 0.25) is 0 Å². The number of hydrogen-bond donors (Lipinski definition) is 0. The SMILES string of the molecule is C/C=C/COc1cc(C)c(OCc2csc(/C(C)=N/OC)n2)c(C)c1. The molecule has 0 fully saturated rings. The molecule has 5 nitrogen and oxygen atoms in total. The number of allylic oxidation sites excluding steroid dienone is 1. The third kappa shape index (κ3) is 5.32. The molecule has 6 heteroatoms. The van der Waals surface area contributed by atoms with Crippen LogP contribution in [0.4, 0.5) is 0 Å². The van der Waals surface area contributed by atoms with Crippen LogP contribution in [0.15, 0.2) is 34.8 Å². The van der Waals surface area contributed by atoms with Gasteiger partial charge in [0.15, 0.2) is 0 Å². The predicted molar refractivity (Wildman–Crippen MR) is 102 cm³/mol. The Hall–Kier alpha value is -2.34.